The van der Waals surface area contributed by atoms with Crippen molar-refractivity contribution in [3.8, 4) is 0 Å². The van der Waals surface area contributed by atoms with Crippen molar-refractivity contribution in [3.63, 3.8) is 0 Å². The zero-order valence-electron chi connectivity index (χ0n) is 11.4. The lowest BCUT2D eigenvalue weighted by molar-refractivity contribution is -0.138. The molecule has 1 fully saturated rings. The van der Waals surface area contributed by atoms with Gasteiger partial charge in [0.05, 0.1) is 6.54 Å². The van der Waals surface area contributed by atoms with Crippen LogP contribution in [-0.4, -0.2) is 60.1 Å². The first kappa shape index (κ1) is 14.5. The number of likely N-dealkylation sites (tertiary alicyclic amines) is 1. The molecule has 4 heteroatoms. The van der Waals surface area contributed by atoms with Crippen LogP contribution in [0.3, 0.4) is 0 Å². The van der Waals surface area contributed by atoms with E-state index in [9.17, 15) is 4.79 Å². The molecule has 17 heavy (non-hydrogen) atoms. The first-order valence-electron chi connectivity index (χ1n) is 6.63. The molecule has 1 atom stereocenters. The second-order valence-electron chi connectivity index (χ2n) is 5.59. The molecule has 0 aliphatic carbocycles. The van der Waals surface area contributed by atoms with Crippen LogP contribution in [0.4, 0.5) is 0 Å². The van der Waals surface area contributed by atoms with Gasteiger partial charge in [-0.2, -0.15) is 0 Å². The number of hydrogen-bond donors (Lipinski definition) is 1. The molecular formula is C13H26N2O2. The Labute approximate surface area is 105 Å². The normalized spacial score (nSPS) is 23.0. The summed E-state index contributed by atoms with van der Waals surface area (Å²) in [5.41, 5.74) is 0. The fraction of sp³-hybridized carbons (Fsp3) is 0.923. The Kier molecular flexibility index (Phi) is 5.92. The van der Waals surface area contributed by atoms with E-state index in [4.69, 9.17) is 5.11 Å². The molecule has 0 bridgehead atoms. The van der Waals surface area contributed by atoms with Gasteiger partial charge in [-0.05, 0) is 45.3 Å². The van der Waals surface area contributed by atoms with Crippen molar-refractivity contribution < 1.29 is 9.90 Å². The van der Waals surface area contributed by atoms with E-state index in [1.54, 1.807) is 0 Å². The largest absolute Gasteiger partial charge is 0.480 e. The molecule has 1 saturated heterocycles. The zero-order chi connectivity index (χ0) is 12.8. The molecule has 1 rings (SSSR count). The number of carboxylic acids is 1. The number of nitrogens with zero attached hydrogens (tertiary/aromatic N) is 2. The maximum Gasteiger partial charge on any atom is 0.317 e. The molecule has 0 radical (unpaired) electrons. The Balaban J connectivity index is 2.38. The van der Waals surface area contributed by atoms with Crippen LogP contribution in [0, 0.1) is 5.92 Å². The molecule has 1 N–H and O–H groups in total. The van der Waals surface area contributed by atoms with E-state index in [0.717, 1.165) is 32.5 Å². The SMILES string of the molecule is CC(C)CN1CCCC(N(C)CC(=O)O)CC1. The monoisotopic (exact) mass is 242 g/mol. The van der Waals surface area contributed by atoms with Crippen molar-refractivity contribution >= 4 is 5.97 Å². The van der Waals surface area contributed by atoms with E-state index in [0.29, 0.717) is 12.0 Å². The first-order chi connectivity index (χ1) is 7.99. The average Bonchev–Trinajstić information content (AvgIpc) is 2.41. The van der Waals surface area contributed by atoms with Crippen molar-refractivity contribution in [2.45, 2.75) is 39.2 Å². The summed E-state index contributed by atoms with van der Waals surface area (Å²) in [6, 6.07) is 0.434. The van der Waals surface area contributed by atoms with Gasteiger partial charge < -0.3 is 10.0 Å². The second-order valence-corrected chi connectivity index (χ2v) is 5.59. The second kappa shape index (κ2) is 6.97. The Hall–Kier alpha value is -0.610. The van der Waals surface area contributed by atoms with E-state index in [1.165, 1.54) is 6.42 Å². The fourth-order valence-electron chi connectivity index (χ4n) is 2.62. The smallest absolute Gasteiger partial charge is 0.317 e. The van der Waals surface area contributed by atoms with Crippen LogP contribution in [0.5, 0.6) is 0 Å². The molecule has 1 aliphatic heterocycles. The van der Waals surface area contributed by atoms with Crippen LogP contribution in [0.25, 0.3) is 0 Å². The quantitative estimate of drug-likeness (QED) is 0.794. The minimum absolute atomic E-state index is 0.162. The number of hydrogen-bond acceptors (Lipinski definition) is 3. The lowest BCUT2D eigenvalue weighted by Crippen LogP contribution is -2.37. The number of likely N-dealkylation sites (N-methyl/N-ethyl adjacent to an activating group) is 1. The van der Waals surface area contributed by atoms with Crippen LogP contribution >= 0.6 is 0 Å². The van der Waals surface area contributed by atoms with Crippen LogP contribution in [-0.2, 0) is 4.79 Å². The molecule has 1 unspecified atom stereocenters. The Morgan fingerprint density at radius 3 is 2.71 bits per heavy atom. The maximum atomic E-state index is 10.7. The lowest BCUT2D eigenvalue weighted by Gasteiger charge is -2.26. The Morgan fingerprint density at radius 2 is 2.12 bits per heavy atom. The summed E-state index contributed by atoms with van der Waals surface area (Å²) >= 11 is 0. The highest BCUT2D eigenvalue weighted by Crippen LogP contribution is 2.16. The molecule has 0 aromatic carbocycles. The van der Waals surface area contributed by atoms with E-state index in [1.807, 2.05) is 11.9 Å². The highest BCUT2D eigenvalue weighted by atomic mass is 16.4. The number of carboxylic acid groups (broad SMARTS) is 1. The molecular weight excluding hydrogens is 216 g/mol. The summed E-state index contributed by atoms with van der Waals surface area (Å²) in [6.45, 7) is 8.09. The van der Waals surface area contributed by atoms with E-state index < -0.39 is 5.97 Å². The first-order valence-corrected chi connectivity index (χ1v) is 6.63. The Bertz CT molecular complexity index is 244. The van der Waals surface area contributed by atoms with Gasteiger partial charge in [-0.25, -0.2) is 0 Å². The summed E-state index contributed by atoms with van der Waals surface area (Å²) in [6.07, 6.45) is 3.40. The van der Waals surface area contributed by atoms with Gasteiger partial charge in [0.1, 0.15) is 0 Å². The summed E-state index contributed by atoms with van der Waals surface area (Å²) in [5, 5.41) is 8.80. The number of aliphatic carboxylic acids is 1. The highest BCUT2D eigenvalue weighted by molar-refractivity contribution is 5.69. The molecule has 100 valence electrons. The summed E-state index contributed by atoms with van der Waals surface area (Å²) < 4.78 is 0. The van der Waals surface area contributed by atoms with Crippen LogP contribution in [0.1, 0.15) is 33.1 Å². The van der Waals surface area contributed by atoms with Gasteiger partial charge in [-0.1, -0.05) is 13.8 Å². The van der Waals surface area contributed by atoms with Crippen molar-refractivity contribution in [1.82, 2.24) is 9.80 Å². The van der Waals surface area contributed by atoms with Gasteiger partial charge in [-0.15, -0.1) is 0 Å². The predicted octanol–water partition coefficient (Wildman–Crippen LogP) is 1.51. The molecule has 0 aromatic rings. The van der Waals surface area contributed by atoms with Crippen molar-refractivity contribution in [3.05, 3.63) is 0 Å². The minimum Gasteiger partial charge on any atom is -0.480 e. The third-order valence-corrected chi connectivity index (χ3v) is 3.42. The van der Waals surface area contributed by atoms with E-state index in [-0.39, 0.29) is 6.54 Å². The standard InChI is InChI=1S/C13H26N2O2/c1-11(2)9-15-7-4-5-12(6-8-15)14(3)10-13(16)17/h11-12H,4-10H2,1-3H3,(H,16,17). The predicted molar refractivity (Wildman–Crippen MR) is 69.2 cm³/mol. The van der Waals surface area contributed by atoms with Gasteiger partial charge in [-0.3, -0.25) is 9.69 Å². The average molecular weight is 242 g/mol. The van der Waals surface area contributed by atoms with Crippen LogP contribution < -0.4 is 0 Å². The van der Waals surface area contributed by atoms with E-state index >= 15 is 0 Å². The van der Waals surface area contributed by atoms with Gasteiger partial charge >= 0.3 is 5.97 Å². The van der Waals surface area contributed by atoms with Gasteiger partial charge in [0, 0.05) is 12.6 Å². The van der Waals surface area contributed by atoms with Crippen molar-refractivity contribution in [1.29, 1.82) is 0 Å². The molecule has 0 aromatic heterocycles. The summed E-state index contributed by atoms with van der Waals surface area (Å²) in [4.78, 5) is 15.2. The van der Waals surface area contributed by atoms with Gasteiger partial charge in [0.25, 0.3) is 0 Å². The maximum absolute atomic E-state index is 10.7. The summed E-state index contributed by atoms with van der Waals surface area (Å²) in [7, 11) is 1.93. The van der Waals surface area contributed by atoms with E-state index in [2.05, 4.69) is 18.7 Å². The molecule has 4 nitrogen and oxygen atoms in total. The van der Waals surface area contributed by atoms with Crippen LogP contribution in [0.15, 0.2) is 0 Å². The molecule has 1 heterocycles. The van der Waals surface area contributed by atoms with Crippen molar-refractivity contribution in [2.24, 2.45) is 5.92 Å². The van der Waals surface area contributed by atoms with Crippen molar-refractivity contribution in [2.75, 3.05) is 33.2 Å². The molecule has 0 amide bonds. The summed E-state index contributed by atoms with van der Waals surface area (Å²) in [5.74, 6) is -0.0147. The minimum atomic E-state index is -0.726. The zero-order valence-corrected chi connectivity index (χ0v) is 11.4. The fourth-order valence-corrected chi connectivity index (χ4v) is 2.62. The van der Waals surface area contributed by atoms with Crippen LogP contribution in [0.2, 0.25) is 0 Å². The van der Waals surface area contributed by atoms with Gasteiger partial charge in [0.15, 0.2) is 0 Å². The number of rotatable bonds is 5. The van der Waals surface area contributed by atoms with Gasteiger partial charge in [0.2, 0.25) is 0 Å². The third-order valence-electron chi connectivity index (χ3n) is 3.42. The molecule has 1 aliphatic rings. The number of carbonyl (C=O) groups is 1. The topological polar surface area (TPSA) is 43.8 Å². The lowest BCUT2D eigenvalue weighted by atomic mass is 10.1. The third kappa shape index (κ3) is 5.50. The highest BCUT2D eigenvalue weighted by Gasteiger charge is 2.21. The Morgan fingerprint density at radius 1 is 1.41 bits per heavy atom. The molecule has 0 spiro atoms. The molecule has 0 saturated carbocycles.